The quantitative estimate of drug-likeness (QED) is 0.237. The Hall–Kier alpha value is -3.49. The second-order valence-corrected chi connectivity index (χ2v) is 5.40. The number of hydrogen-bond donors (Lipinski definition) is 2. The van der Waals surface area contributed by atoms with Gasteiger partial charge in [0.15, 0.2) is 23.3 Å². The van der Waals surface area contributed by atoms with Crippen LogP contribution in [0.4, 0.5) is 22.0 Å². The molecule has 4 nitrogen and oxygen atoms in total. The molecule has 0 aliphatic rings. The first-order chi connectivity index (χ1) is 12.8. The minimum Gasteiger partial charge on any atom is -0.507 e. The third-order valence-electron chi connectivity index (χ3n) is 3.71. The maximum absolute atomic E-state index is 13.5. The lowest BCUT2D eigenvalue weighted by Gasteiger charge is -2.06. The second-order valence-electron chi connectivity index (χ2n) is 5.40. The molecule has 3 aromatic rings. The van der Waals surface area contributed by atoms with Gasteiger partial charge in [-0.25, -0.2) is 27.4 Å². The molecule has 0 atom stereocenters. The van der Waals surface area contributed by atoms with Crippen molar-refractivity contribution in [1.29, 1.82) is 0 Å². The number of nitrogens with one attached hydrogen (secondary N) is 1. The summed E-state index contributed by atoms with van der Waals surface area (Å²) in [6.07, 6.45) is 0.284. The van der Waals surface area contributed by atoms with E-state index in [-0.39, 0.29) is 17.5 Å². The Morgan fingerprint density at radius 2 is 1.41 bits per heavy atom. The van der Waals surface area contributed by atoms with E-state index in [1.807, 2.05) is 5.43 Å². The molecule has 0 saturated carbocycles. The Morgan fingerprint density at radius 1 is 0.889 bits per heavy atom. The number of halogens is 5. The maximum atomic E-state index is 13.5. The van der Waals surface area contributed by atoms with Crippen LogP contribution in [0.5, 0.6) is 5.75 Å². The summed E-state index contributed by atoms with van der Waals surface area (Å²) in [5.41, 5.74) is 0.357. The van der Waals surface area contributed by atoms with Gasteiger partial charge in [-0.15, -0.1) is 0 Å². The SMILES string of the molecule is O=C(NN=Cc1c(F)c(F)c(F)c(F)c1F)c1cc2ccccc2cc1O. The lowest BCUT2D eigenvalue weighted by molar-refractivity contribution is 0.0952. The number of fused-ring (bicyclic) bond motifs is 1. The van der Waals surface area contributed by atoms with Crippen molar-refractivity contribution in [3.63, 3.8) is 0 Å². The molecule has 0 radical (unpaired) electrons. The molecule has 0 heterocycles. The van der Waals surface area contributed by atoms with Gasteiger partial charge >= 0.3 is 0 Å². The van der Waals surface area contributed by atoms with Crippen LogP contribution in [0.25, 0.3) is 10.8 Å². The summed E-state index contributed by atoms with van der Waals surface area (Å²) >= 11 is 0. The molecule has 3 aromatic carbocycles. The van der Waals surface area contributed by atoms with Gasteiger partial charge in [0.25, 0.3) is 5.91 Å². The fourth-order valence-corrected chi connectivity index (χ4v) is 2.36. The number of rotatable bonds is 3. The van der Waals surface area contributed by atoms with Crippen LogP contribution in [-0.2, 0) is 0 Å². The van der Waals surface area contributed by atoms with E-state index < -0.39 is 40.6 Å². The summed E-state index contributed by atoms with van der Waals surface area (Å²) < 4.78 is 66.2. The first kappa shape index (κ1) is 18.3. The highest BCUT2D eigenvalue weighted by Gasteiger charge is 2.24. The average Bonchev–Trinajstić information content (AvgIpc) is 2.66. The average molecular weight is 380 g/mol. The number of amides is 1. The predicted octanol–water partition coefficient (Wildman–Crippen LogP) is 4.00. The number of phenols is 1. The van der Waals surface area contributed by atoms with Gasteiger partial charge in [-0.3, -0.25) is 4.79 Å². The van der Waals surface area contributed by atoms with Gasteiger partial charge in [0.1, 0.15) is 5.75 Å². The Morgan fingerprint density at radius 3 is 2.00 bits per heavy atom. The van der Waals surface area contributed by atoms with Gasteiger partial charge in [0.05, 0.1) is 17.3 Å². The van der Waals surface area contributed by atoms with Crippen LogP contribution in [0.1, 0.15) is 15.9 Å². The molecule has 138 valence electrons. The number of nitrogens with zero attached hydrogens (tertiary/aromatic N) is 1. The van der Waals surface area contributed by atoms with Crippen LogP contribution in [0, 0.1) is 29.1 Å². The van der Waals surface area contributed by atoms with Gasteiger partial charge in [-0.1, -0.05) is 24.3 Å². The van der Waals surface area contributed by atoms with Gasteiger partial charge in [0, 0.05) is 0 Å². The number of carbonyl (C=O) groups is 1. The molecular formula is C18H9F5N2O2. The highest BCUT2D eigenvalue weighted by molar-refractivity contribution is 6.01. The van der Waals surface area contributed by atoms with E-state index >= 15 is 0 Å². The summed E-state index contributed by atoms with van der Waals surface area (Å²) in [5, 5.41) is 14.4. The molecule has 0 aliphatic carbocycles. The normalized spacial score (nSPS) is 11.3. The first-order valence-corrected chi connectivity index (χ1v) is 7.38. The number of hydrazone groups is 1. The Balaban J connectivity index is 1.88. The molecule has 0 unspecified atom stereocenters. The topological polar surface area (TPSA) is 61.7 Å². The minimum absolute atomic E-state index is 0.191. The molecule has 3 rings (SSSR count). The third-order valence-corrected chi connectivity index (χ3v) is 3.71. The molecule has 27 heavy (non-hydrogen) atoms. The largest absolute Gasteiger partial charge is 0.507 e. The first-order valence-electron chi connectivity index (χ1n) is 7.38. The number of carbonyl (C=O) groups excluding carboxylic acids is 1. The van der Waals surface area contributed by atoms with Crippen LogP contribution in [-0.4, -0.2) is 17.2 Å². The smallest absolute Gasteiger partial charge is 0.275 e. The van der Waals surface area contributed by atoms with Crippen LogP contribution >= 0.6 is 0 Å². The molecule has 0 aliphatic heterocycles. The molecule has 0 spiro atoms. The lowest BCUT2D eigenvalue weighted by atomic mass is 10.1. The summed E-state index contributed by atoms with van der Waals surface area (Å²) in [6.45, 7) is 0. The van der Waals surface area contributed by atoms with Gasteiger partial charge in [-0.05, 0) is 22.9 Å². The summed E-state index contributed by atoms with van der Waals surface area (Å²) in [6, 6.07) is 9.52. The molecule has 1 amide bonds. The monoisotopic (exact) mass is 380 g/mol. The number of aromatic hydroxyl groups is 1. The van der Waals surface area contributed by atoms with Crippen LogP contribution in [0.2, 0.25) is 0 Å². The van der Waals surface area contributed by atoms with E-state index in [0.717, 1.165) is 0 Å². The summed E-state index contributed by atoms with van der Waals surface area (Å²) in [7, 11) is 0. The van der Waals surface area contributed by atoms with E-state index in [1.54, 1.807) is 24.3 Å². The molecule has 0 aromatic heterocycles. The number of phenolic OH excluding ortho intramolecular Hbond substituents is 1. The van der Waals surface area contributed by atoms with Crippen molar-refractivity contribution in [3.8, 4) is 5.75 Å². The molecule has 0 saturated heterocycles. The van der Waals surface area contributed by atoms with Crippen molar-refractivity contribution >= 4 is 22.9 Å². The van der Waals surface area contributed by atoms with Crippen LogP contribution < -0.4 is 5.43 Å². The molecular weight excluding hydrogens is 371 g/mol. The zero-order valence-electron chi connectivity index (χ0n) is 13.2. The van der Waals surface area contributed by atoms with E-state index in [2.05, 4.69) is 5.10 Å². The van der Waals surface area contributed by atoms with Crippen LogP contribution in [0.15, 0.2) is 41.5 Å². The fourth-order valence-electron chi connectivity index (χ4n) is 2.36. The predicted molar refractivity (Wildman–Crippen MR) is 86.9 cm³/mol. The highest BCUT2D eigenvalue weighted by atomic mass is 19.2. The molecule has 2 N–H and O–H groups in total. The number of hydrogen-bond acceptors (Lipinski definition) is 3. The van der Waals surface area contributed by atoms with Crippen molar-refractivity contribution in [1.82, 2.24) is 5.43 Å². The maximum Gasteiger partial charge on any atom is 0.275 e. The number of benzene rings is 3. The Bertz CT molecular complexity index is 1070. The zero-order chi connectivity index (χ0) is 19.7. The highest BCUT2D eigenvalue weighted by Crippen LogP contribution is 2.25. The van der Waals surface area contributed by atoms with Crippen molar-refractivity contribution in [2.75, 3.05) is 0 Å². The van der Waals surface area contributed by atoms with Gasteiger partial charge in [0.2, 0.25) is 5.82 Å². The van der Waals surface area contributed by atoms with E-state index in [9.17, 15) is 31.9 Å². The van der Waals surface area contributed by atoms with E-state index in [0.29, 0.717) is 10.8 Å². The molecule has 0 fully saturated rings. The Labute approximate surface area is 148 Å². The standard InChI is InChI=1S/C18H9F5N2O2/c19-13-11(14(20)16(22)17(23)15(13)21)7-24-25-18(27)10-5-8-3-1-2-4-9(8)6-12(10)26/h1-7,26H,(H,25,27). The summed E-state index contributed by atoms with van der Waals surface area (Å²) in [5.74, 6) is -12.1. The van der Waals surface area contributed by atoms with Crippen molar-refractivity contribution in [3.05, 3.63) is 76.6 Å². The van der Waals surface area contributed by atoms with E-state index in [1.165, 1.54) is 12.1 Å². The van der Waals surface area contributed by atoms with Crippen molar-refractivity contribution < 1.29 is 31.9 Å². The fraction of sp³-hybridized carbons (Fsp3) is 0. The second kappa shape index (κ2) is 7.02. The summed E-state index contributed by atoms with van der Waals surface area (Å²) in [4.78, 5) is 12.1. The lowest BCUT2D eigenvalue weighted by Crippen LogP contribution is -2.18. The third kappa shape index (κ3) is 3.31. The van der Waals surface area contributed by atoms with Gasteiger partial charge < -0.3 is 5.11 Å². The Kier molecular flexibility index (Phi) is 4.76. The van der Waals surface area contributed by atoms with Gasteiger partial charge in [-0.2, -0.15) is 5.10 Å². The van der Waals surface area contributed by atoms with Crippen molar-refractivity contribution in [2.45, 2.75) is 0 Å². The van der Waals surface area contributed by atoms with E-state index in [4.69, 9.17) is 0 Å². The molecule has 0 bridgehead atoms. The minimum atomic E-state index is -2.30. The van der Waals surface area contributed by atoms with Crippen molar-refractivity contribution in [2.24, 2.45) is 5.10 Å². The zero-order valence-corrected chi connectivity index (χ0v) is 13.2. The molecule has 9 heteroatoms. The van der Waals surface area contributed by atoms with Crippen LogP contribution in [0.3, 0.4) is 0 Å².